The van der Waals surface area contributed by atoms with Gasteiger partial charge in [-0.25, -0.2) is 5.01 Å². The second-order valence-electron chi connectivity index (χ2n) is 6.67. The van der Waals surface area contributed by atoms with E-state index in [0.29, 0.717) is 0 Å². The summed E-state index contributed by atoms with van der Waals surface area (Å²) in [6.45, 7) is 0. The SMILES string of the molecule is COc1ccc([C@H]2Oc3ccc(Br)cc3[C@@H]3CC(c4ccco4)=NN23)cc1Br. The summed E-state index contributed by atoms with van der Waals surface area (Å²) in [5.41, 5.74) is 3.03. The molecule has 2 aromatic carbocycles. The molecule has 2 aliphatic heterocycles. The Morgan fingerprint density at radius 1 is 1.14 bits per heavy atom. The Bertz CT molecular complexity index is 1070. The minimum atomic E-state index is -0.339. The van der Waals surface area contributed by atoms with Gasteiger partial charge in [-0.15, -0.1) is 0 Å². The Balaban J connectivity index is 1.60. The third kappa shape index (κ3) is 2.93. The van der Waals surface area contributed by atoms with E-state index in [-0.39, 0.29) is 12.3 Å². The van der Waals surface area contributed by atoms with E-state index < -0.39 is 0 Å². The highest BCUT2D eigenvalue weighted by Crippen LogP contribution is 2.48. The second kappa shape index (κ2) is 6.97. The fraction of sp³-hybridized carbons (Fsp3) is 0.190. The summed E-state index contributed by atoms with van der Waals surface area (Å²) in [5.74, 6) is 2.44. The molecule has 5 nitrogen and oxygen atoms in total. The molecule has 0 fully saturated rings. The summed E-state index contributed by atoms with van der Waals surface area (Å²) >= 11 is 7.15. The van der Waals surface area contributed by atoms with Crippen LogP contribution >= 0.6 is 31.9 Å². The lowest BCUT2D eigenvalue weighted by atomic mass is 9.97. The summed E-state index contributed by atoms with van der Waals surface area (Å²) in [6, 6.07) is 16.0. The van der Waals surface area contributed by atoms with Gasteiger partial charge in [0.2, 0.25) is 6.23 Å². The second-order valence-corrected chi connectivity index (χ2v) is 8.44. The first-order valence-corrected chi connectivity index (χ1v) is 10.4. The van der Waals surface area contributed by atoms with Gasteiger partial charge >= 0.3 is 0 Å². The molecule has 2 aliphatic rings. The van der Waals surface area contributed by atoms with Crippen LogP contribution in [-0.2, 0) is 0 Å². The maximum Gasteiger partial charge on any atom is 0.213 e. The molecule has 0 saturated heterocycles. The number of nitrogens with zero attached hydrogens (tertiary/aromatic N) is 2. The van der Waals surface area contributed by atoms with E-state index in [2.05, 4.69) is 37.9 Å². The van der Waals surface area contributed by atoms with Crippen molar-refractivity contribution in [1.29, 1.82) is 0 Å². The van der Waals surface area contributed by atoms with Gasteiger partial charge in [0.05, 0.1) is 23.9 Å². The predicted octanol–water partition coefficient (Wildman–Crippen LogP) is 6.06. The van der Waals surface area contributed by atoms with Crippen LogP contribution in [0.4, 0.5) is 0 Å². The number of fused-ring (bicyclic) bond motifs is 3. The molecule has 2 atom stereocenters. The Kier molecular flexibility index (Phi) is 4.44. The molecule has 0 saturated carbocycles. The molecule has 7 heteroatoms. The van der Waals surface area contributed by atoms with Crippen molar-refractivity contribution in [3.05, 3.63) is 80.6 Å². The van der Waals surface area contributed by atoms with E-state index in [9.17, 15) is 0 Å². The number of benzene rings is 2. The van der Waals surface area contributed by atoms with Gasteiger partial charge in [-0.05, 0) is 64.5 Å². The van der Waals surface area contributed by atoms with Crippen LogP contribution in [0.5, 0.6) is 11.5 Å². The number of rotatable bonds is 3. The van der Waals surface area contributed by atoms with Gasteiger partial charge in [0.25, 0.3) is 0 Å². The van der Waals surface area contributed by atoms with Crippen molar-refractivity contribution in [3.63, 3.8) is 0 Å². The first-order chi connectivity index (χ1) is 13.6. The number of hydrazone groups is 1. The first-order valence-electron chi connectivity index (χ1n) is 8.83. The molecule has 3 aromatic rings. The molecule has 142 valence electrons. The van der Waals surface area contributed by atoms with Crippen LogP contribution in [0.3, 0.4) is 0 Å². The summed E-state index contributed by atoms with van der Waals surface area (Å²) in [7, 11) is 1.65. The van der Waals surface area contributed by atoms with E-state index in [4.69, 9.17) is 19.0 Å². The van der Waals surface area contributed by atoms with Gasteiger partial charge in [-0.3, -0.25) is 0 Å². The molecule has 3 heterocycles. The van der Waals surface area contributed by atoms with E-state index in [0.717, 1.165) is 49.5 Å². The molecule has 0 spiro atoms. The van der Waals surface area contributed by atoms with Crippen molar-refractivity contribution in [2.45, 2.75) is 18.7 Å². The normalized spacial score (nSPS) is 20.2. The minimum Gasteiger partial charge on any atom is -0.496 e. The summed E-state index contributed by atoms with van der Waals surface area (Å²) in [6.07, 6.45) is 2.09. The van der Waals surface area contributed by atoms with Gasteiger partial charge in [0, 0.05) is 22.0 Å². The van der Waals surface area contributed by atoms with Crippen LogP contribution in [-0.4, -0.2) is 17.8 Å². The average Bonchev–Trinajstić information content (AvgIpc) is 3.37. The monoisotopic (exact) mass is 502 g/mol. The number of furan rings is 1. The van der Waals surface area contributed by atoms with Crippen LogP contribution in [0.15, 0.2) is 73.3 Å². The van der Waals surface area contributed by atoms with Gasteiger partial charge in [0.1, 0.15) is 23.0 Å². The van der Waals surface area contributed by atoms with Gasteiger partial charge in [-0.2, -0.15) is 5.10 Å². The van der Waals surface area contributed by atoms with Crippen molar-refractivity contribution in [2.75, 3.05) is 7.11 Å². The largest absolute Gasteiger partial charge is 0.496 e. The van der Waals surface area contributed by atoms with Crippen LogP contribution in [0.2, 0.25) is 0 Å². The van der Waals surface area contributed by atoms with E-state index in [1.807, 2.05) is 47.5 Å². The zero-order valence-corrected chi connectivity index (χ0v) is 18.1. The Hall–Kier alpha value is -2.25. The highest BCUT2D eigenvalue weighted by molar-refractivity contribution is 9.10. The van der Waals surface area contributed by atoms with Crippen molar-refractivity contribution in [2.24, 2.45) is 5.10 Å². The average molecular weight is 504 g/mol. The molecule has 0 N–H and O–H groups in total. The third-order valence-electron chi connectivity index (χ3n) is 5.02. The van der Waals surface area contributed by atoms with Crippen LogP contribution < -0.4 is 9.47 Å². The van der Waals surface area contributed by atoms with Crippen LogP contribution in [0.25, 0.3) is 0 Å². The van der Waals surface area contributed by atoms with Crippen molar-refractivity contribution >= 4 is 37.6 Å². The fourth-order valence-electron chi connectivity index (χ4n) is 3.71. The zero-order chi connectivity index (χ0) is 19.3. The summed E-state index contributed by atoms with van der Waals surface area (Å²) in [5, 5.41) is 6.91. The number of ether oxygens (including phenoxy) is 2. The van der Waals surface area contributed by atoms with Crippen molar-refractivity contribution in [1.82, 2.24) is 5.01 Å². The Morgan fingerprint density at radius 3 is 2.79 bits per heavy atom. The quantitative estimate of drug-likeness (QED) is 0.436. The Morgan fingerprint density at radius 2 is 2.04 bits per heavy atom. The summed E-state index contributed by atoms with van der Waals surface area (Å²) < 4.78 is 19.2. The van der Waals surface area contributed by atoms with Gasteiger partial charge < -0.3 is 13.9 Å². The number of hydrogen-bond donors (Lipinski definition) is 0. The number of halogens is 2. The zero-order valence-electron chi connectivity index (χ0n) is 14.9. The minimum absolute atomic E-state index is 0.0761. The van der Waals surface area contributed by atoms with Gasteiger partial charge in [-0.1, -0.05) is 15.9 Å². The van der Waals surface area contributed by atoms with Crippen molar-refractivity contribution < 1.29 is 13.9 Å². The van der Waals surface area contributed by atoms with E-state index in [1.165, 1.54) is 0 Å². The summed E-state index contributed by atoms with van der Waals surface area (Å²) in [4.78, 5) is 0. The highest BCUT2D eigenvalue weighted by Gasteiger charge is 2.41. The van der Waals surface area contributed by atoms with E-state index in [1.54, 1.807) is 13.4 Å². The van der Waals surface area contributed by atoms with Crippen LogP contribution in [0, 0.1) is 0 Å². The smallest absolute Gasteiger partial charge is 0.213 e. The Labute approximate surface area is 179 Å². The topological polar surface area (TPSA) is 47.2 Å². The van der Waals surface area contributed by atoms with Crippen LogP contribution in [0.1, 0.15) is 35.6 Å². The predicted molar refractivity (Wildman–Crippen MR) is 113 cm³/mol. The highest BCUT2D eigenvalue weighted by atomic mass is 79.9. The lowest BCUT2D eigenvalue weighted by molar-refractivity contribution is -0.0191. The molecule has 5 rings (SSSR count). The molecular weight excluding hydrogens is 488 g/mol. The first kappa shape index (κ1) is 17.8. The maximum absolute atomic E-state index is 6.39. The third-order valence-corrected chi connectivity index (χ3v) is 6.13. The maximum atomic E-state index is 6.39. The standard InChI is InChI=1S/C21H16Br2N2O3/c1-26-19-6-4-12(9-15(19)23)21-25-17(11-16(24-25)20-3-2-8-27-20)14-10-13(22)5-7-18(14)28-21/h2-10,17,21H,11H2,1H3/t17-,21+/m0/s1. The number of hydrogen-bond acceptors (Lipinski definition) is 5. The van der Waals surface area contributed by atoms with E-state index >= 15 is 0 Å². The number of methoxy groups -OCH3 is 1. The molecule has 0 radical (unpaired) electrons. The lowest BCUT2D eigenvalue weighted by Crippen LogP contribution is -2.33. The van der Waals surface area contributed by atoms with Gasteiger partial charge in [0.15, 0.2) is 0 Å². The lowest BCUT2D eigenvalue weighted by Gasteiger charge is -2.38. The van der Waals surface area contributed by atoms with Crippen molar-refractivity contribution in [3.8, 4) is 11.5 Å². The molecule has 0 aliphatic carbocycles. The molecular formula is C21H16Br2N2O3. The molecule has 0 bridgehead atoms. The fourth-order valence-corrected chi connectivity index (χ4v) is 4.64. The molecule has 0 amide bonds. The molecule has 1 aromatic heterocycles. The molecule has 0 unspecified atom stereocenters. The molecule has 28 heavy (non-hydrogen) atoms.